The minimum atomic E-state index is -0.375. The van der Waals surface area contributed by atoms with Crippen molar-refractivity contribution in [3.05, 3.63) is 23.9 Å². The quantitative estimate of drug-likeness (QED) is 0.750. The van der Waals surface area contributed by atoms with E-state index in [9.17, 15) is 4.79 Å². The van der Waals surface area contributed by atoms with Crippen molar-refractivity contribution in [1.82, 2.24) is 9.88 Å². The second-order valence-corrected chi connectivity index (χ2v) is 3.62. The number of aromatic nitrogens is 1. The lowest BCUT2D eigenvalue weighted by Gasteiger charge is -2.12. The first kappa shape index (κ1) is 12.4. The predicted molar refractivity (Wildman–Crippen MR) is 62.6 cm³/mol. The maximum atomic E-state index is 11.4. The van der Waals surface area contributed by atoms with Crippen molar-refractivity contribution in [3.63, 3.8) is 0 Å². The fourth-order valence-corrected chi connectivity index (χ4v) is 1.22. The van der Waals surface area contributed by atoms with Crippen molar-refractivity contribution in [2.45, 2.75) is 0 Å². The molecular formula is C11H17N3O2. The standard InChI is InChI=1S/C11H17N3O2/c1-14(2)8-7-13-10-9(11(15)16-3)5-4-6-12-10/h4-6H,7-8H2,1-3H3,(H,12,13). The molecule has 16 heavy (non-hydrogen) atoms. The molecule has 0 amide bonds. The molecule has 0 aliphatic rings. The summed E-state index contributed by atoms with van der Waals surface area (Å²) in [4.78, 5) is 17.6. The van der Waals surface area contributed by atoms with Gasteiger partial charge in [-0.05, 0) is 26.2 Å². The summed E-state index contributed by atoms with van der Waals surface area (Å²) >= 11 is 0. The van der Waals surface area contributed by atoms with E-state index in [2.05, 4.69) is 15.0 Å². The second-order valence-electron chi connectivity index (χ2n) is 3.62. The van der Waals surface area contributed by atoms with Gasteiger partial charge in [0.1, 0.15) is 11.4 Å². The largest absolute Gasteiger partial charge is 0.465 e. The Morgan fingerprint density at radius 1 is 1.56 bits per heavy atom. The van der Waals surface area contributed by atoms with E-state index in [-0.39, 0.29) is 5.97 Å². The third-order valence-corrected chi connectivity index (χ3v) is 2.06. The first-order valence-electron chi connectivity index (χ1n) is 5.07. The molecule has 0 saturated carbocycles. The Morgan fingerprint density at radius 3 is 2.94 bits per heavy atom. The third-order valence-electron chi connectivity index (χ3n) is 2.06. The van der Waals surface area contributed by atoms with E-state index < -0.39 is 0 Å². The number of ether oxygens (including phenoxy) is 1. The molecule has 0 aliphatic heterocycles. The monoisotopic (exact) mass is 223 g/mol. The van der Waals surface area contributed by atoms with Crippen molar-refractivity contribution >= 4 is 11.8 Å². The smallest absolute Gasteiger partial charge is 0.341 e. The van der Waals surface area contributed by atoms with Gasteiger partial charge < -0.3 is 15.0 Å². The maximum absolute atomic E-state index is 11.4. The van der Waals surface area contributed by atoms with E-state index >= 15 is 0 Å². The lowest BCUT2D eigenvalue weighted by molar-refractivity contribution is 0.0601. The molecule has 0 unspecified atom stereocenters. The van der Waals surface area contributed by atoms with Crippen LogP contribution in [0.25, 0.3) is 0 Å². The van der Waals surface area contributed by atoms with Gasteiger partial charge in [0.15, 0.2) is 0 Å². The number of pyridine rings is 1. The zero-order chi connectivity index (χ0) is 12.0. The predicted octanol–water partition coefficient (Wildman–Crippen LogP) is 0.842. The van der Waals surface area contributed by atoms with Crippen LogP contribution in [0, 0.1) is 0 Å². The number of hydrogen-bond acceptors (Lipinski definition) is 5. The van der Waals surface area contributed by atoms with Crippen LogP contribution in [-0.2, 0) is 4.74 Å². The SMILES string of the molecule is COC(=O)c1cccnc1NCCN(C)C. The number of likely N-dealkylation sites (N-methyl/N-ethyl adjacent to an activating group) is 1. The Bertz CT molecular complexity index is 353. The van der Waals surface area contributed by atoms with Gasteiger partial charge in [0.25, 0.3) is 0 Å². The lowest BCUT2D eigenvalue weighted by Crippen LogP contribution is -2.22. The van der Waals surface area contributed by atoms with Crippen molar-refractivity contribution in [1.29, 1.82) is 0 Å². The van der Waals surface area contributed by atoms with Crippen molar-refractivity contribution in [2.24, 2.45) is 0 Å². The molecule has 0 aromatic carbocycles. The van der Waals surface area contributed by atoms with Crippen LogP contribution < -0.4 is 5.32 Å². The molecule has 88 valence electrons. The summed E-state index contributed by atoms with van der Waals surface area (Å²) in [6, 6.07) is 3.40. The molecule has 0 radical (unpaired) electrons. The first-order valence-corrected chi connectivity index (χ1v) is 5.07. The summed E-state index contributed by atoms with van der Waals surface area (Å²) in [5.41, 5.74) is 0.462. The highest BCUT2D eigenvalue weighted by atomic mass is 16.5. The molecule has 0 spiro atoms. The van der Waals surface area contributed by atoms with Crippen molar-refractivity contribution in [2.75, 3.05) is 39.6 Å². The number of carbonyl (C=O) groups excluding carboxylic acids is 1. The number of anilines is 1. The fourth-order valence-electron chi connectivity index (χ4n) is 1.22. The Hall–Kier alpha value is -1.62. The van der Waals surface area contributed by atoms with Crippen molar-refractivity contribution in [3.8, 4) is 0 Å². The fraction of sp³-hybridized carbons (Fsp3) is 0.455. The second kappa shape index (κ2) is 6.07. The maximum Gasteiger partial charge on any atom is 0.341 e. The number of rotatable bonds is 5. The van der Waals surface area contributed by atoms with Crippen LogP contribution in [0.2, 0.25) is 0 Å². The summed E-state index contributed by atoms with van der Waals surface area (Å²) in [6.45, 7) is 1.60. The van der Waals surface area contributed by atoms with Crippen LogP contribution in [0.15, 0.2) is 18.3 Å². The molecular weight excluding hydrogens is 206 g/mol. The molecule has 1 heterocycles. The van der Waals surface area contributed by atoms with Crippen LogP contribution in [-0.4, -0.2) is 50.1 Å². The molecule has 1 rings (SSSR count). The Labute approximate surface area is 95.4 Å². The third kappa shape index (κ3) is 3.51. The van der Waals surface area contributed by atoms with Crippen LogP contribution in [0.3, 0.4) is 0 Å². The normalized spacial score (nSPS) is 10.2. The van der Waals surface area contributed by atoms with E-state index in [1.165, 1.54) is 7.11 Å². The van der Waals surface area contributed by atoms with E-state index in [4.69, 9.17) is 0 Å². The summed E-state index contributed by atoms with van der Waals surface area (Å²) in [5.74, 6) is 0.191. The molecule has 1 N–H and O–H groups in total. The summed E-state index contributed by atoms with van der Waals surface area (Å²) in [5, 5.41) is 3.11. The highest BCUT2D eigenvalue weighted by molar-refractivity contribution is 5.94. The van der Waals surface area contributed by atoms with E-state index in [1.54, 1.807) is 18.3 Å². The number of hydrogen-bond donors (Lipinski definition) is 1. The molecule has 5 heteroatoms. The topological polar surface area (TPSA) is 54.5 Å². The number of methoxy groups -OCH3 is 1. The zero-order valence-corrected chi connectivity index (χ0v) is 9.86. The molecule has 0 atom stereocenters. The van der Waals surface area contributed by atoms with Crippen LogP contribution in [0.4, 0.5) is 5.82 Å². The molecule has 0 aliphatic carbocycles. The van der Waals surface area contributed by atoms with Crippen molar-refractivity contribution < 1.29 is 9.53 Å². The van der Waals surface area contributed by atoms with Gasteiger partial charge in [-0.2, -0.15) is 0 Å². The van der Waals surface area contributed by atoms with Gasteiger partial charge in [-0.1, -0.05) is 0 Å². The summed E-state index contributed by atoms with van der Waals surface area (Å²) in [6.07, 6.45) is 1.64. The zero-order valence-electron chi connectivity index (χ0n) is 9.86. The van der Waals surface area contributed by atoms with Gasteiger partial charge in [0.2, 0.25) is 0 Å². The van der Waals surface area contributed by atoms with Crippen LogP contribution in [0.1, 0.15) is 10.4 Å². The van der Waals surface area contributed by atoms with Gasteiger partial charge in [0, 0.05) is 19.3 Å². The average Bonchev–Trinajstić information content (AvgIpc) is 2.28. The minimum absolute atomic E-state index is 0.375. The van der Waals surface area contributed by atoms with E-state index in [0.717, 1.165) is 13.1 Å². The average molecular weight is 223 g/mol. The summed E-state index contributed by atoms with van der Waals surface area (Å²) in [7, 11) is 5.33. The van der Waals surface area contributed by atoms with Crippen LogP contribution >= 0.6 is 0 Å². The van der Waals surface area contributed by atoms with Gasteiger partial charge in [-0.25, -0.2) is 9.78 Å². The minimum Gasteiger partial charge on any atom is -0.465 e. The molecule has 1 aromatic heterocycles. The lowest BCUT2D eigenvalue weighted by atomic mass is 10.2. The first-order chi connectivity index (χ1) is 7.65. The Morgan fingerprint density at radius 2 is 2.31 bits per heavy atom. The summed E-state index contributed by atoms with van der Waals surface area (Å²) < 4.78 is 4.67. The van der Waals surface area contributed by atoms with Gasteiger partial charge in [0.05, 0.1) is 7.11 Å². The van der Waals surface area contributed by atoms with E-state index in [1.807, 2.05) is 19.0 Å². The number of carbonyl (C=O) groups is 1. The Balaban J connectivity index is 2.67. The highest BCUT2D eigenvalue weighted by Gasteiger charge is 2.11. The highest BCUT2D eigenvalue weighted by Crippen LogP contribution is 2.11. The molecule has 5 nitrogen and oxygen atoms in total. The molecule has 1 aromatic rings. The van der Waals surface area contributed by atoms with Crippen LogP contribution in [0.5, 0.6) is 0 Å². The number of nitrogens with zero attached hydrogens (tertiary/aromatic N) is 2. The van der Waals surface area contributed by atoms with Gasteiger partial charge >= 0.3 is 5.97 Å². The van der Waals surface area contributed by atoms with Gasteiger partial charge in [-0.15, -0.1) is 0 Å². The van der Waals surface area contributed by atoms with Gasteiger partial charge in [-0.3, -0.25) is 0 Å². The number of nitrogens with one attached hydrogen (secondary N) is 1. The molecule has 0 saturated heterocycles. The van der Waals surface area contributed by atoms with E-state index in [0.29, 0.717) is 11.4 Å². The Kier molecular flexibility index (Phi) is 4.72. The molecule has 0 fully saturated rings. The number of esters is 1. The molecule has 0 bridgehead atoms.